The van der Waals surface area contributed by atoms with E-state index in [1.807, 2.05) is 0 Å². The molecule has 0 spiro atoms. The number of carbonyl (C=O) groups excluding carboxylic acids is 2. The van der Waals surface area contributed by atoms with Gasteiger partial charge in [0, 0.05) is 30.9 Å². The van der Waals surface area contributed by atoms with Crippen LogP contribution in [0.15, 0.2) is 23.1 Å². The van der Waals surface area contributed by atoms with Gasteiger partial charge < -0.3 is 14.6 Å². The van der Waals surface area contributed by atoms with E-state index in [1.54, 1.807) is 11.0 Å². The fourth-order valence-corrected chi connectivity index (χ4v) is 2.25. The van der Waals surface area contributed by atoms with Gasteiger partial charge >= 0.3 is 5.97 Å². The Labute approximate surface area is 110 Å². The second-order valence-electron chi connectivity index (χ2n) is 4.53. The van der Waals surface area contributed by atoms with Gasteiger partial charge in [-0.05, 0) is 18.9 Å². The van der Waals surface area contributed by atoms with E-state index in [0.717, 1.165) is 0 Å². The number of ether oxygens (including phenoxy) is 1. The number of piperidine rings is 1. The zero-order chi connectivity index (χ0) is 13.8. The van der Waals surface area contributed by atoms with E-state index in [0.29, 0.717) is 31.5 Å². The summed E-state index contributed by atoms with van der Waals surface area (Å²) in [5, 5.41) is 0. The van der Waals surface area contributed by atoms with E-state index >= 15 is 0 Å². The van der Waals surface area contributed by atoms with Gasteiger partial charge in [-0.3, -0.25) is 14.4 Å². The van der Waals surface area contributed by atoms with Crippen LogP contribution in [0, 0.1) is 5.92 Å². The minimum absolute atomic E-state index is 0.131. The molecule has 1 aliphatic heterocycles. The third-order valence-electron chi connectivity index (χ3n) is 3.34. The molecule has 2 heterocycles. The van der Waals surface area contributed by atoms with E-state index in [9.17, 15) is 14.4 Å². The zero-order valence-corrected chi connectivity index (χ0v) is 10.7. The van der Waals surface area contributed by atoms with Crippen molar-refractivity contribution in [2.24, 2.45) is 5.92 Å². The second kappa shape index (κ2) is 5.69. The van der Waals surface area contributed by atoms with Crippen molar-refractivity contribution in [2.75, 3.05) is 20.2 Å². The first-order valence-corrected chi connectivity index (χ1v) is 6.17. The molecule has 19 heavy (non-hydrogen) atoms. The molecule has 0 radical (unpaired) electrons. The summed E-state index contributed by atoms with van der Waals surface area (Å²) in [7, 11) is 1.37. The highest BCUT2D eigenvalue weighted by Gasteiger charge is 2.28. The van der Waals surface area contributed by atoms with Crippen LogP contribution in [0.2, 0.25) is 0 Å². The molecular weight excluding hydrogens is 248 g/mol. The summed E-state index contributed by atoms with van der Waals surface area (Å²) < 4.78 is 4.70. The fraction of sp³-hybridized carbons (Fsp3) is 0.462. The smallest absolute Gasteiger partial charge is 0.308 e. The normalized spacial score (nSPS) is 16.2. The van der Waals surface area contributed by atoms with Gasteiger partial charge in [0.25, 0.3) is 5.91 Å². The Morgan fingerprint density at radius 3 is 2.63 bits per heavy atom. The molecule has 1 amide bonds. The van der Waals surface area contributed by atoms with Crippen molar-refractivity contribution in [3.63, 3.8) is 0 Å². The number of pyridine rings is 1. The Kier molecular flexibility index (Phi) is 3.99. The van der Waals surface area contributed by atoms with Crippen LogP contribution in [0.1, 0.15) is 23.2 Å². The predicted molar refractivity (Wildman–Crippen MR) is 67.7 cm³/mol. The van der Waals surface area contributed by atoms with E-state index in [1.165, 1.54) is 19.4 Å². The van der Waals surface area contributed by atoms with Gasteiger partial charge in [0.05, 0.1) is 13.0 Å². The molecule has 0 aromatic carbocycles. The Balaban J connectivity index is 2.00. The third-order valence-corrected chi connectivity index (χ3v) is 3.34. The molecule has 1 aliphatic rings. The number of methoxy groups -OCH3 is 1. The molecule has 0 aliphatic carbocycles. The second-order valence-corrected chi connectivity index (χ2v) is 4.53. The summed E-state index contributed by atoms with van der Waals surface area (Å²) in [4.78, 5) is 38.8. The lowest BCUT2D eigenvalue weighted by molar-refractivity contribution is -0.146. The predicted octanol–water partition coefficient (Wildman–Crippen LogP) is 0.400. The number of H-pyrrole nitrogens is 1. The number of hydrogen-bond acceptors (Lipinski definition) is 4. The first-order valence-electron chi connectivity index (χ1n) is 6.17. The van der Waals surface area contributed by atoms with Crippen molar-refractivity contribution in [3.8, 4) is 0 Å². The number of rotatable bonds is 2. The molecule has 1 aromatic heterocycles. The number of esters is 1. The minimum atomic E-state index is -0.296. The van der Waals surface area contributed by atoms with Gasteiger partial charge in [0.1, 0.15) is 0 Å². The lowest BCUT2D eigenvalue weighted by atomic mass is 9.96. The molecule has 2 rings (SSSR count). The van der Waals surface area contributed by atoms with Gasteiger partial charge in [0.15, 0.2) is 0 Å². The summed E-state index contributed by atoms with van der Waals surface area (Å²) in [6.07, 6.45) is 2.65. The van der Waals surface area contributed by atoms with Crippen molar-refractivity contribution in [1.29, 1.82) is 0 Å². The van der Waals surface area contributed by atoms with Gasteiger partial charge in [-0.2, -0.15) is 0 Å². The molecular formula is C13H16N2O4. The van der Waals surface area contributed by atoms with E-state index < -0.39 is 0 Å². The number of likely N-dealkylation sites (tertiary alicyclic amines) is 1. The largest absolute Gasteiger partial charge is 0.469 e. The number of aromatic nitrogens is 1. The Morgan fingerprint density at radius 2 is 2.05 bits per heavy atom. The molecule has 6 nitrogen and oxygen atoms in total. The van der Waals surface area contributed by atoms with E-state index in [4.69, 9.17) is 4.74 Å². The molecule has 6 heteroatoms. The van der Waals surface area contributed by atoms with E-state index in [-0.39, 0.29) is 23.4 Å². The van der Waals surface area contributed by atoms with Crippen molar-refractivity contribution in [1.82, 2.24) is 9.88 Å². The SMILES string of the molecule is COC(=O)C1CCN(C(=O)c2cc[nH]c(=O)c2)CC1. The first-order chi connectivity index (χ1) is 9.11. The van der Waals surface area contributed by atoms with Crippen LogP contribution < -0.4 is 5.56 Å². The zero-order valence-electron chi connectivity index (χ0n) is 10.7. The highest BCUT2D eigenvalue weighted by molar-refractivity contribution is 5.94. The molecule has 0 unspecified atom stereocenters. The molecule has 1 aromatic rings. The van der Waals surface area contributed by atoms with Crippen molar-refractivity contribution in [2.45, 2.75) is 12.8 Å². The fourth-order valence-electron chi connectivity index (χ4n) is 2.25. The minimum Gasteiger partial charge on any atom is -0.469 e. The highest BCUT2D eigenvalue weighted by Crippen LogP contribution is 2.19. The molecule has 102 valence electrons. The highest BCUT2D eigenvalue weighted by atomic mass is 16.5. The van der Waals surface area contributed by atoms with Crippen molar-refractivity contribution >= 4 is 11.9 Å². The van der Waals surface area contributed by atoms with Gasteiger partial charge in [-0.15, -0.1) is 0 Å². The van der Waals surface area contributed by atoms with Crippen molar-refractivity contribution < 1.29 is 14.3 Å². The molecule has 1 fully saturated rings. The van der Waals surface area contributed by atoms with Gasteiger partial charge in [-0.25, -0.2) is 0 Å². The lowest BCUT2D eigenvalue weighted by Gasteiger charge is -2.30. The molecule has 1 N–H and O–H groups in total. The Bertz CT molecular complexity index is 529. The van der Waals surface area contributed by atoms with Crippen LogP contribution >= 0.6 is 0 Å². The molecule has 0 atom stereocenters. The number of carbonyl (C=O) groups is 2. The molecule has 1 saturated heterocycles. The number of nitrogens with zero attached hydrogens (tertiary/aromatic N) is 1. The average molecular weight is 264 g/mol. The van der Waals surface area contributed by atoms with Crippen LogP contribution in [0.25, 0.3) is 0 Å². The monoisotopic (exact) mass is 264 g/mol. The maximum atomic E-state index is 12.2. The van der Waals surface area contributed by atoms with Crippen LogP contribution in [-0.2, 0) is 9.53 Å². The van der Waals surface area contributed by atoms with Crippen LogP contribution in [0.5, 0.6) is 0 Å². The maximum absolute atomic E-state index is 12.2. The topological polar surface area (TPSA) is 79.5 Å². The van der Waals surface area contributed by atoms with Crippen LogP contribution in [-0.4, -0.2) is 42.0 Å². The Hall–Kier alpha value is -2.11. The summed E-state index contributed by atoms with van der Waals surface area (Å²) in [5.74, 6) is -0.522. The maximum Gasteiger partial charge on any atom is 0.308 e. The molecule has 0 saturated carbocycles. The summed E-state index contributed by atoms with van der Waals surface area (Å²) in [5.41, 5.74) is 0.0792. The van der Waals surface area contributed by atoms with E-state index in [2.05, 4.69) is 4.98 Å². The van der Waals surface area contributed by atoms with Gasteiger partial charge in [-0.1, -0.05) is 0 Å². The number of nitrogens with one attached hydrogen (secondary N) is 1. The van der Waals surface area contributed by atoms with Gasteiger partial charge in [0.2, 0.25) is 5.56 Å². The number of hydrogen-bond donors (Lipinski definition) is 1. The Morgan fingerprint density at radius 1 is 1.37 bits per heavy atom. The standard InChI is InChI=1S/C13H16N2O4/c1-19-13(18)9-3-6-15(7-4-9)12(17)10-2-5-14-11(16)8-10/h2,5,8-9H,3-4,6-7H2,1H3,(H,14,16). The summed E-state index contributed by atoms with van der Waals surface area (Å²) in [6.45, 7) is 1.01. The number of amides is 1. The average Bonchev–Trinajstić information content (AvgIpc) is 2.46. The number of aromatic amines is 1. The third kappa shape index (κ3) is 3.01. The lowest BCUT2D eigenvalue weighted by Crippen LogP contribution is -2.40. The van der Waals surface area contributed by atoms with Crippen molar-refractivity contribution in [3.05, 3.63) is 34.2 Å². The van der Waals surface area contributed by atoms with Crippen LogP contribution in [0.4, 0.5) is 0 Å². The summed E-state index contributed by atoms with van der Waals surface area (Å²) >= 11 is 0. The van der Waals surface area contributed by atoms with Crippen LogP contribution in [0.3, 0.4) is 0 Å². The molecule has 0 bridgehead atoms. The first kappa shape index (κ1) is 13.3. The summed E-state index contributed by atoms with van der Waals surface area (Å²) in [6, 6.07) is 2.87. The quantitative estimate of drug-likeness (QED) is 0.784.